The molecule has 1 saturated carbocycles. The van der Waals surface area contributed by atoms with Gasteiger partial charge < -0.3 is 0 Å². The fourth-order valence-electron chi connectivity index (χ4n) is 2.17. The van der Waals surface area contributed by atoms with E-state index in [0.717, 1.165) is 25.0 Å². The Morgan fingerprint density at radius 3 is 2.50 bits per heavy atom. The smallest absolute Gasteiger partial charge is 0.258 e. The Hall–Kier alpha value is -1.54. The zero-order chi connectivity index (χ0) is 15.1. The van der Waals surface area contributed by atoms with Gasteiger partial charge in [0.15, 0.2) is 0 Å². The summed E-state index contributed by atoms with van der Waals surface area (Å²) in [6, 6.07) is 1.66. The molecule has 1 aromatic carbocycles. The van der Waals surface area contributed by atoms with Crippen LogP contribution in [0.4, 0.5) is 10.1 Å². The van der Waals surface area contributed by atoms with Crippen molar-refractivity contribution in [3.05, 3.63) is 33.6 Å². The number of nitro groups is 1. The molecule has 0 bridgehead atoms. The van der Waals surface area contributed by atoms with Crippen molar-refractivity contribution in [1.82, 2.24) is 4.31 Å². The van der Waals surface area contributed by atoms with E-state index < -0.39 is 26.5 Å². The van der Waals surface area contributed by atoms with Crippen LogP contribution in [0.15, 0.2) is 17.0 Å². The Morgan fingerprint density at radius 1 is 1.45 bits per heavy atom. The van der Waals surface area contributed by atoms with Crippen LogP contribution in [-0.4, -0.2) is 30.2 Å². The maximum atomic E-state index is 13.5. The van der Waals surface area contributed by atoms with Crippen molar-refractivity contribution in [2.24, 2.45) is 0 Å². The van der Waals surface area contributed by atoms with Gasteiger partial charge in [0.25, 0.3) is 0 Å². The number of hydrogen-bond donors (Lipinski definition) is 0. The lowest BCUT2D eigenvalue weighted by atomic mass is 10.2. The van der Waals surface area contributed by atoms with Gasteiger partial charge in [-0.25, -0.2) is 8.42 Å². The van der Waals surface area contributed by atoms with Crippen LogP contribution in [0.5, 0.6) is 0 Å². The molecule has 0 unspecified atom stereocenters. The molecular weight excluding hydrogens is 287 g/mol. The highest BCUT2D eigenvalue weighted by atomic mass is 32.2. The molecule has 0 atom stereocenters. The van der Waals surface area contributed by atoms with Crippen LogP contribution in [0.2, 0.25) is 0 Å². The van der Waals surface area contributed by atoms with E-state index >= 15 is 0 Å². The molecule has 0 heterocycles. The second-order valence-electron chi connectivity index (χ2n) is 4.77. The van der Waals surface area contributed by atoms with E-state index in [1.807, 2.05) is 0 Å². The molecule has 1 aliphatic carbocycles. The Bertz CT molecular complexity index is 656. The average Bonchev–Trinajstić information content (AvgIpc) is 3.12. The van der Waals surface area contributed by atoms with Crippen molar-refractivity contribution >= 4 is 15.7 Å². The van der Waals surface area contributed by atoms with Crippen LogP contribution in [0.1, 0.15) is 25.3 Å². The lowest BCUT2D eigenvalue weighted by Gasteiger charge is -2.21. The highest BCUT2D eigenvalue weighted by molar-refractivity contribution is 7.89. The van der Waals surface area contributed by atoms with Crippen LogP contribution in [0, 0.1) is 22.9 Å². The number of rotatable bonds is 5. The first-order valence-corrected chi connectivity index (χ1v) is 7.69. The Balaban J connectivity index is 2.56. The lowest BCUT2D eigenvalue weighted by molar-refractivity contribution is -0.387. The van der Waals surface area contributed by atoms with Crippen LogP contribution in [0.3, 0.4) is 0 Å². The summed E-state index contributed by atoms with van der Waals surface area (Å²) < 4.78 is 39.9. The predicted molar refractivity (Wildman–Crippen MR) is 70.4 cm³/mol. The van der Waals surface area contributed by atoms with Crippen LogP contribution in [0.25, 0.3) is 0 Å². The number of nitrogens with zero attached hydrogens (tertiary/aromatic N) is 2. The van der Waals surface area contributed by atoms with Crippen LogP contribution >= 0.6 is 0 Å². The van der Waals surface area contributed by atoms with Crippen molar-refractivity contribution < 1.29 is 17.7 Å². The van der Waals surface area contributed by atoms with Gasteiger partial charge in [0.05, 0.1) is 9.82 Å². The van der Waals surface area contributed by atoms with Gasteiger partial charge in [0.2, 0.25) is 15.8 Å². The SMILES string of the molecule is CCN(C1CC1)S(=O)(=O)c1cc([N+](=O)[O-])c(F)cc1C. The van der Waals surface area contributed by atoms with Gasteiger partial charge in [-0.15, -0.1) is 0 Å². The fourth-order valence-corrected chi connectivity index (χ4v) is 4.10. The number of aryl methyl sites for hydroxylation is 1. The van der Waals surface area contributed by atoms with E-state index in [1.54, 1.807) is 6.92 Å². The fraction of sp³-hybridized carbons (Fsp3) is 0.500. The summed E-state index contributed by atoms with van der Waals surface area (Å²) in [5.41, 5.74) is -0.645. The van der Waals surface area contributed by atoms with Crippen molar-refractivity contribution in [3.8, 4) is 0 Å². The summed E-state index contributed by atoms with van der Waals surface area (Å²) in [5, 5.41) is 10.8. The number of sulfonamides is 1. The third-order valence-electron chi connectivity index (χ3n) is 3.29. The first-order valence-electron chi connectivity index (χ1n) is 6.25. The molecule has 0 N–H and O–H groups in total. The highest BCUT2D eigenvalue weighted by Crippen LogP contribution is 2.34. The molecule has 1 fully saturated rings. The van der Waals surface area contributed by atoms with E-state index in [9.17, 15) is 22.9 Å². The van der Waals surface area contributed by atoms with E-state index in [4.69, 9.17) is 0 Å². The van der Waals surface area contributed by atoms with E-state index in [1.165, 1.54) is 11.2 Å². The van der Waals surface area contributed by atoms with Crippen molar-refractivity contribution in [2.45, 2.75) is 37.6 Å². The van der Waals surface area contributed by atoms with Gasteiger partial charge in [-0.2, -0.15) is 8.70 Å². The van der Waals surface area contributed by atoms with E-state index in [0.29, 0.717) is 0 Å². The molecule has 6 nitrogen and oxygen atoms in total. The second kappa shape index (κ2) is 5.10. The quantitative estimate of drug-likeness (QED) is 0.617. The number of nitro benzene ring substituents is 1. The zero-order valence-electron chi connectivity index (χ0n) is 11.2. The standard InChI is InChI=1S/C12H15FN2O4S/c1-3-14(9-4-5-9)20(18,19)12-7-11(15(16)17)10(13)6-8(12)2/h6-7,9H,3-5H2,1-2H3. The molecule has 0 amide bonds. The first kappa shape index (κ1) is 14.9. The third-order valence-corrected chi connectivity index (χ3v) is 5.46. The molecule has 0 aromatic heterocycles. The van der Waals surface area contributed by atoms with Gasteiger partial charge in [-0.1, -0.05) is 6.92 Å². The van der Waals surface area contributed by atoms with Gasteiger partial charge >= 0.3 is 5.69 Å². The molecule has 1 aliphatic rings. The molecule has 20 heavy (non-hydrogen) atoms. The van der Waals surface area contributed by atoms with Gasteiger partial charge in [0, 0.05) is 18.7 Å². The minimum Gasteiger partial charge on any atom is -0.258 e. The predicted octanol–water partition coefficient (Wildman–Crippen LogP) is 2.22. The molecule has 0 radical (unpaired) electrons. The van der Waals surface area contributed by atoms with Crippen molar-refractivity contribution in [2.75, 3.05) is 6.54 Å². The third kappa shape index (κ3) is 2.53. The largest absolute Gasteiger partial charge is 0.306 e. The molecule has 1 aromatic rings. The Labute approximate surface area is 116 Å². The summed E-state index contributed by atoms with van der Waals surface area (Å²) in [5.74, 6) is -1.03. The van der Waals surface area contributed by atoms with Crippen molar-refractivity contribution in [3.63, 3.8) is 0 Å². The second-order valence-corrected chi connectivity index (χ2v) is 6.62. The summed E-state index contributed by atoms with van der Waals surface area (Å²) in [4.78, 5) is 9.64. The highest BCUT2D eigenvalue weighted by Gasteiger charge is 2.38. The van der Waals surface area contributed by atoms with Crippen molar-refractivity contribution in [1.29, 1.82) is 0 Å². The van der Waals surface area contributed by atoms with Gasteiger partial charge in [-0.05, 0) is 31.4 Å². The van der Waals surface area contributed by atoms with Gasteiger partial charge in [-0.3, -0.25) is 10.1 Å². The Kier molecular flexibility index (Phi) is 3.79. The topological polar surface area (TPSA) is 80.5 Å². The maximum absolute atomic E-state index is 13.5. The number of hydrogen-bond acceptors (Lipinski definition) is 4. The summed E-state index contributed by atoms with van der Waals surface area (Å²) >= 11 is 0. The normalized spacial score (nSPS) is 15.6. The van der Waals surface area contributed by atoms with Gasteiger partial charge in [0.1, 0.15) is 0 Å². The van der Waals surface area contributed by atoms with Crippen LogP contribution in [-0.2, 0) is 10.0 Å². The Morgan fingerprint density at radius 2 is 2.05 bits per heavy atom. The first-order chi connectivity index (χ1) is 9.28. The molecule has 0 aliphatic heterocycles. The summed E-state index contributed by atoms with van der Waals surface area (Å²) in [6.45, 7) is 3.43. The number of halogens is 1. The molecule has 8 heteroatoms. The minimum absolute atomic E-state index is 0.0477. The number of benzene rings is 1. The molecule has 2 rings (SSSR count). The lowest BCUT2D eigenvalue weighted by Crippen LogP contribution is -2.33. The maximum Gasteiger partial charge on any atom is 0.306 e. The molecule has 0 spiro atoms. The zero-order valence-corrected chi connectivity index (χ0v) is 12.0. The molecule has 110 valence electrons. The minimum atomic E-state index is -3.83. The average molecular weight is 302 g/mol. The van der Waals surface area contributed by atoms with Crippen LogP contribution < -0.4 is 0 Å². The monoisotopic (exact) mass is 302 g/mol. The summed E-state index contributed by atoms with van der Waals surface area (Å²) in [7, 11) is -3.83. The van der Waals surface area contributed by atoms with E-state index in [-0.39, 0.29) is 23.0 Å². The molecule has 0 saturated heterocycles. The molecular formula is C12H15FN2O4S. The summed E-state index contributed by atoms with van der Waals surface area (Å²) in [6.07, 6.45) is 1.57. The van der Waals surface area contributed by atoms with E-state index in [2.05, 4.69) is 0 Å².